The number of thiazole rings is 1. The van der Waals surface area contributed by atoms with E-state index in [1.54, 1.807) is 48.5 Å². The number of hydrogen-bond acceptors (Lipinski definition) is 7. The van der Waals surface area contributed by atoms with Gasteiger partial charge in [0.15, 0.2) is 5.13 Å². The quantitative estimate of drug-likeness (QED) is 0.155. The van der Waals surface area contributed by atoms with Crippen molar-refractivity contribution in [2.24, 2.45) is 0 Å². The Morgan fingerprint density at radius 2 is 1.68 bits per heavy atom. The second-order valence-electron chi connectivity index (χ2n) is 9.39. The van der Waals surface area contributed by atoms with Crippen LogP contribution >= 0.6 is 23.1 Å². The number of rotatable bonds is 10. The van der Waals surface area contributed by atoms with Crippen LogP contribution in [0.1, 0.15) is 28.5 Å². The molecule has 1 heterocycles. The van der Waals surface area contributed by atoms with Gasteiger partial charge in [-0.25, -0.2) is 4.98 Å². The van der Waals surface area contributed by atoms with E-state index in [0.717, 1.165) is 21.8 Å². The molecule has 1 unspecified atom stereocenters. The van der Waals surface area contributed by atoms with Gasteiger partial charge >= 0.3 is 0 Å². The minimum atomic E-state index is -0.474. The van der Waals surface area contributed by atoms with Crippen LogP contribution in [0.15, 0.2) is 94.8 Å². The molecule has 3 N–H and O–H groups in total. The van der Waals surface area contributed by atoms with Gasteiger partial charge in [-0.15, -0.1) is 23.1 Å². The number of anilines is 3. The Morgan fingerprint density at radius 1 is 0.951 bits per heavy atom. The van der Waals surface area contributed by atoms with Gasteiger partial charge in [0.05, 0.1) is 10.9 Å². The predicted molar refractivity (Wildman–Crippen MR) is 169 cm³/mol. The van der Waals surface area contributed by atoms with E-state index in [9.17, 15) is 14.4 Å². The SMILES string of the molecule is Cc1csc(NC(=O)C(C)Sc2cccc(NC(=O)/C(=C\c3ccc(N(C)C)cc3)NC(=O)c3ccccc3)c2)n1. The summed E-state index contributed by atoms with van der Waals surface area (Å²) < 4.78 is 0. The maximum Gasteiger partial charge on any atom is 0.272 e. The molecule has 3 aromatic carbocycles. The average Bonchev–Trinajstić information content (AvgIpc) is 3.37. The Hall–Kier alpha value is -4.41. The summed E-state index contributed by atoms with van der Waals surface area (Å²) in [5, 5.41) is 10.5. The number of carbonyl (C=O) groups is 3. The highest BCUT2D eigenvalue weighted by Gasteiger charge is 2.18. The van der Waals surface area contributed by atoms with Crippen LogP contribution in [0.4, 0.5) is 16.5 Å². The molecule has 41 heavy (non-hydrogen) atoms. The molecule has 0 aliphatic rings. The van der Waals surface area contributed by atoms with Crippen molar-refractivity contribution in [3.05, 3.63) is 107 Å². The minimum Gasteiger partial charge on any atom is -0.378 e. The lowest BCUT2D eigenvalue weighted by Crippen LogP contribution is -2.30. The molecule has 1 aromatic heterocycles. The molecule has 210 valence electrons. The predicted octanol–water partition coefficient (Wildman–Crippen LogP) is 6.05. The van der Waals surface area contributed by atoms with Crippen LogP contribution in [-0.2, 0) is 9.59 Å². The van der Waals surface area contributed by atoms with E-state index in [4.69, 9.17) is 0 Å². The van der Waals surface area contributed by atoms with Crippen molar-refractivity contribution in [3.8, 4) is 0 Å². The minimum absolute atomic E-state index is 0.0981. The summed E-state index contributed by atoms with van der Waals surface area (Å²) in [7, 11) is 3.90. The van der Waals surface area contributed by atoms with Crippen LogP contribution in [0.2, 0.25) is 0 Å². The monoisotopic (exact) mass is 585 g/mol. The molecule has 0 aliphatic heterocycles. The van der Waals surface area contributed by atoms with Crippen molar-refractivity contribution >= 4 is 63.4 Å². The molecule has 3 amide bonds. The van der Waals surface area contributed by atoms with E-state index in [2.05, 4.69) is 20.9 Å². The van der Waals surface area contributed by atoms with Crippen LogP contribution in [0.25, 0.3) is 6.08 Å². The molecule has 0 fully saturated rings. The normalized spacial score (nSPS) is 11.9. The number of aromatic nitrogens is 1. The Balaban J connectivity index is 1.49. The van der Waals surface area contributed by atoms with E-state index in [0.29, 0.717) is 16.4 Å². The van der Waals surface area contributed by atoms with Crippen LogP contribution in [0.5, 0.6) is 0 Å². The zero-order valence-corrected chi connectivity index (χ0v) is 24.8. The summed E-state index contributed by atoms with van der Waals surface area (Å²) in [6.07, 6.45) is 1.64. The Kier molecular flexibility index (Phi) is 9.94. The van der Waals surface area contributed by atoms with Gasteiger partial charge in [0, 0.05) is 41.3 Å². The van der Waals surface area contributed by atoms with Gasteiger partial charge in [0.25, 0.3) is 11.8 Å². The number of hydrogen-bond donors (Lipinski definition) is 3. The number of benzene rings is 3. The molecule has 0 saturated carbocycles. The summed E-state index contributed by atoms with van der Waals surface area (Å²) in [6, 6.07) is 23.6. The van der Waals surface area contributed by atoms with Gasteiger partial charge in [-0.3, -0.25) is 14.4 Å². The third-order valence-corrected chi connectivity index (χ3v) is 7.84. The maximum atomic E-state index is 13.4. The van der Waals surface area contributed by atoms with Crippen molar-refractivity contribution in [1.82, 2.24) is 10.3 Å². The smallest absolute Gasteiger partial charge is 0.272 e. The number of thioether (sulfide) groups is 1. The van der Waals surface area contributed by atoms with Crippen molar-refractivity contribution in [2.45, 2.75) is 24.0 Å². The molecule has 0 bridgehead atoms. The average molecular weight is 586 g/mol. The topological polar surface area (TPSA) is 103 Å². The van der Waals surface area contributed by atoms with E-state index in [1.807, 2.05) is 74.6 Å². The van der Waals surface area contributed by atoms with Crippen molar-refractivity contribution in [1.29, 1.82) is 0 Å². The Bertz CT molecular complexity index is 1550. The summed E-state index contributed by atoms with van der Waals surface area (Å²) in [5.41, 5.74) is 3.70. The summed E-state index contributed by atoms with van der Waals surface area (Å²) >= 11 is 2.75. The fourth-order valence-corrected chi connectivity index (χ4v) is 5.32. The molecular weight excluding hydrogens is 555 g/mol. The van der Waals surface area contributed by atoms with Gasteiger partial charge in [0.2, 0.25) is 5.91 Å². The van der Waals surface area contributed by atoms with E-state index >= 15 is 0 Å². The first-order valence-electron chi connectivity index (χ1n) is 12.8. The van der Waals surface area contributed by atoms with Gasteiger partial charge < -0.3 is 20.9 Å². The maximum absolute atomic E-state index is 13.4. The van der Waals surface area contributed by atoms with Crippen molar-refractivity contribution in [2.75, 3.05) is 29.6 Å². The van der Waals surface area contributed by atoms with E-state index < -0.39 is 17.1 Å². The molecular formula is C31H31N5O3S2. The first kappa shape index (κ1) is 29.6. The number of aryl methyl sites for hydroxylation is 1. The third-order valence-electron chi connectivity index (χ3n) is 5.87. The van der Waals surface area contributed by atoms with Gasteiger partial charge in [-0.2, -0.15) is 0 Å². The van der Waals surface area contributed by atoms with Crippen LogP contribution < -0.4 is 20.9 Å². The van der Waals surface area contributed by atoms with Crippen LogP contribution in [0.3, 0.4) is 0 Å². The van der Waals surface area contributed by atoms with Crippen LogP contribution in [-0.4, -0.2) is 42.1 Å². The molecule has 8 nitrogen and oxygen atoms in total. The molecule has 0 spiro atoms. The first-order chi connectivity index (χ1) is 19.7. The third kappa shape index (κ3) is 8.54. The number of nitrogens with zero attached hydrogens (tertiary/aromatic N) is 2. The highest BCUT2D eigenvalue weighted by atomic mass is 32.2. The number of nitrogens with one attached hydrogen (secondary N) is 3. The zero-order chi connectivity index (χ0) is 29.4. The first-order valence-corrected chi connectivity index (χ1v) is 14.6. The highest BCUT2D eigenvalue weighted by Crippen LogP contribution is 2.27. The highest BCUT2D eigenvalue weighted by molar-refractivity contribution is 8.00. The fourth-order valence-electron chi connectivity index (χ4n) is 3.70. The second-order valence-corrected chi connectivity index (χ2v) is 11.7. The van der Waals surface area contributed by atoms with Gasteiger partial charge in [-0.1, -0.05) is 36.4 Å². The van der Waals surface area contributed by atoms with Crippen LogP contribution in [0, 0.1) is 6.92 Å². The van der Waals surface area contributed by atoms with E-state index in [-0.39, 0.29) is 11.6 Å². The van der Waals surface area contributed by atoms with Gasteiger partial charge in [-0.05, 0) is 68.0 Å². The summed E-state index contributed by atoms with van der Waals surface area (Å²) in [4.78, 5) is 46.1. The molecule has 4 aromatic rings. The largest absolute Gasteiger partial charge is 0.378 e. The summed E-state index contributed by atoms with van der Waals surface area (Å²) in [5.74, 6) is -1.03. The van der Waals surface area contributed by atoms with Crippen molar-refractivity contribution in [3.63, 3.8) is 0 Å². The lowest BCUT2D eigenvalue weighted by Gasteiger charge is -2.14. The lowest BCUT2D eigenvalue weighted by atomic mass is 10.1. The van der Waals surface area contributed by atoms with Crippen molar-refractivity contribution < 1.29 is 14.4 Å². The molecule has 4 rings (SSSR count). The van der Waals surface area contributed by atoms with E-state index in [1.165, 1.54) is 23.1 Å². The molecule has 10 heteroatoms. The molecule has 0 saturated heterocycles. The Labute approximate surface area is 247 Å². The summed E-state index contributed by atoms with van der Waals surface area (Å²) in [6.45, 7) is 3.69. The number of amides is 3. The molecule has 1 atom stereocenters. The second kappa shape index (κ2) is 13.8. The molecule has 0 aliphatic carbocycles. The standard InChI is InChI=1S/C31H31N5O3S2/c1-20-19-40-31(32-20)35-28(37)21(2)41-26-12-8-11-24(18-26)33-30(39)27(34-29(38)23-9-6-5-7-10-23)17-22-13-15-25(16-14-22)36(3)4/h5-19,21H,1-4H3,(H,33,39)(H,34,38)(H,32,35,37)/b27-17+. The lowest BCUT2D eigenvalue weighted by molar-refractivity contribution is -0.115. The number of carbonyl (C=O) groups excluding carboxylic acids is 3. The molecule has 0 radical (unpaired) electrons. The zero-order valence-electron chi connectivity index (χ0n) is 23.2. The van der Waals surface area contributed by atoms with Gasteiger partial charge in [0.1, 0.15) is 5.70 Å². The Morgan fingerprint density at radius 3 is 2.34 bits per heavy atom. The fraction of sp³-hybridized carbons (Fsp3) is 0.161.